The lowest BCUT2D eigenvalue weighted by atomic mass is 9.64. The van der Waals surface area contributed by atoms with Gasteiger partial charge in [-0.1, -0.05) is 17.6 Å². The van der Waals surface area contributed by atoms with E-state index in [-0.39, 0.29) is 17.3 Å². The van der Waals surface area contributed by atoms with Crippen molar-refractivity contribution in [1.82, 2.24) is 34.9 Å². The molecule has 5 rings (SSSR count). The summed E-state index contributed by atoms with van der Waals surface area (Å²) in [6.07, 6.45) is 8.25. The van der Waals surface area contributed by atoms with Crippen molar-refractivity contribution in [3.63, 3.8) is 0 Å². The first-order chi connectivity index (χ1) is 15.0. The Kier molecular flexibility index (Phi) is 4.64. The Balaban J connectivity index is 1.41. The first kappa shape index (κ1) is 19.2. The van der Waals surface area contributed by atoms with Gasteiger partial charge >= 0.3 is 0 Å². The van der Waals surface area contributed by atoms with Gasteiger partial charge in [-0.3, -0.25) is 9.67 Å². The van der Waals surface area contributed by atoms with Crippen LogP contribution in [0.25, 0.3) is 22.7 Å². The Morgan fingerprint density at radius 2 is 1.87 bits per heavy atom. The average molecular weight is 424 g/mol. The highest BCUT2D eigenvalue weighted by atomic mass is 19.3. The van der Waals surface area contributed by atoms with Crippen LogP contribution in [0.5, 0.6) is 0 Å². The van der Waals surface area contributed by atoms with E-state index in [2.05, 4.69) is 30.2 Å². The van der Waals surface area contributed by atoms with Crippen LogP contribution in [0.2, 0.25) is 0 Å². The van der Waals surface area contributed by atoms with Crippen LogP contribution in [0.3, 0.4) is 0 Å². The van der Waals surface area contributed by atoms with Gasteiger partial charge in [-0.25, -0.2) is 18.7 Å². The third kappa shape index (κ3) is 3.51. The van der Waals surface area contributed by atoms with Crippen molar-refractivity contribution < 1.29 is 13.3 Å². The van der Waals surface area contributed by atoms with Crippen LogP contribution in [-0.4, -0.2) is 41.3 Å². The zero-order chi connectivity index (χ0) is 21.4. The molecule has 0 aliphatic heterocycles. The highest BCUT2D eigenvalue weighted by Crippen LogP contribution is 2.48. The number of hydrogen-bond acceptors (Lipinski definition) is 8. The minimum Gasteiger partial charge on any atom is -0.368 e. The molecule has 11 heteroatoms. The monoisotopic (exact) mass is 424 g/mol. The first-order valence-electron chi connectivity index (χ1n) is 9.73. The number of alkyl halides is 2. The van der Waals surface area contributed by atoms with Crippen molar-refractivity contribution in [2.75, 3.05) is 5.73 Å². The van der Waals surface area contributed by atoms with E-state index in [0.717, 1.165) is 40.8 Å². The summed E-state index contributed by atoms with van der Waals surface area (Å²) in [4.78, 5) is 17.1. The highest BCUT2D eigenvalue weighted by molar-refractivity contribution is 5.58. The van der Waals surface area contributed by atoms with Crippen LogP contribution in [0.1, 0.15) is 30.7 Å². The number of pyridine rings is 1. The summed E-state index contributed by atoms with van der Waals surface area (Å²) < 4.78 is 31.7. The van der Waals surface area contributed by atoms with Gasteiger partial charge in [0.1, 0.15) is 6.54 Å². The Labute approximate surface area is 175 Å². The maximum absolute atomic E-state index is 12.6. The second-order valence-corrected chi connectivity index (χ2v) is 7.46. The lowest BCUT2D eigenvalue weighted by molar-refractivity contribution is 0.122. The molecule has 4 aromatic heterocycles. The molecule has 1 fully saturated rings. The maximum atomic E-state index is 12.6. The number of hydrogen-bond donors (Lipinski definition) is 1. The predicted molar refractivity (Wildman–Crippen MR) is 106 cm³/mol. The van der Waals surface area contributed by atoms with E-state index in [0.29, 0.717) is 11.4 Å². The standard InChI is InChI=1S/C20H18F2N8O/c21-16(22)11-30-10-13(8-27-30)17-28-18(29-31-17)20(4-1-5-20)14-2-3-15(24-9-14)12-6-25-19(23)26-7-12/h2-3,6-10,16H,1,4-5,11H2,(H2,23,25,26). The molecule has 0 atom stereocenters. The molecule has 4 heterocycles. The fourth-order valence-electron chi connectivity index (χ4n) is 3.74. The molecule has 0 saturated heterocycles. The van der Waals surface area contributed by atoms with Crippen molar-refractivity contribution in [3.05, 3.63) is 54.5 Å². The fourth-order valence-corrected chi connectivity index (χ4v) is 3.74. The van der Waals surface area contributed by atoms with Gasteiger partial charge in [0.2, 0.25) is 5.95 Å². The number of halogens is 2. The Morgan fingerprint density at radius 3 is 2.52 bits per heavy atom. The quantitative estimate of drug-likeness (QED) is 0.501. The minimum atomic E-state index is -2.49. The van der Waals surface area contributed by atoms with Crippen molar-refractivity contribution in [2.45, 2.75) is 37.6 Å². The van der Waals surface area contributed by atoms with E-state index in [4.69, 9.17) is 10.3 Å². The number of nitrogen functional groups attached to an aromatic ring is 1. The average Bonchev–Trinajstić information content (AvgIpc) is 3.38. The van der Waals surface area contributed by atoms with Gasteiger partial charge in [-0.15, -0.1) is 0 Å². The summed E-state index contributed by atoms with van der Waals surface area (Å²) >= 11 is 0. The molecule has 1 aliphatic carbocycles. The van der Waals surface area contributed by atoms with E-state index in [1.165, 1.54) is 12.4 Å². The molecule has 0 amide bonds. The Bertz CT molecular complexity index is 1180. The van der Waals surface area contributed by atoms with Crippen molar-refractivity contribution in [1.29, 1.82) is 0 Å². The van der Waals surface area contributed by atoms with Crippen LogP contribution >= 0.6 is 0 Å². The molecule has 9 nitrogen and oxygen atoms in total. The zero-order valence-electron chi connectivity index (χ0n) is 16.3. The van der Waals surface area contributed by atoms with E-state index >= 15 is 0 Å². The van der Waals surface area contributed by atoms with Crippen molar-refractivity contribution in [3.8, 4) is 22.7 Å². The predicted octanol–water partition coefficient (Wildman–Crippen LogP) is 3.10. The normalized spacial score (nSPS) is 15.2. The van der Waals surface area contributed by atoms with Gasteiger partial charge in [-0.05, 0) is 24.5 Å². The summed E-state index contributed by atoms with van der Waals surface area (Å²) in [5, 5.41) is 8.11. The van der Waals surface area contributed by atoms with Crippen LogP contribution in [0, 0.1) is 0 Å². The van der Waals surface area contributed by atoms with Gasteiger partial charge in [0, 0.05) is 30.4 Å². The molecule has 0 bridgehead atoms. The molecule has 0 spiro atoms. The van der Waals surface area contributed by atoms with Gasteiger partial charge in [-0.2, -0.15) is 10.1 Å². The minimum absolute atomic E-state index is 0.210. The summed E-state index contributed by atoms with van der Waals surface area (Å²) in [6.45, 7) is -0.484. The zero-order valence-corrected chi connectivity index (χ0v) is 16.3. The van der Waals surface area contributed by atoms with Crippen LogP contribution in [0.15, 0.2) is 47.6 Å². The van der Waals surface area contributed by atoms with Crippen LogP contribution in [-0.2, 0) is 12.0 Å². The second-order valence-electron chi connectivity index (χ2n) is 7.46. The Morgan fingerprint density at radius 1 is 1.06 bits per heavy atom. The number of anilines is 1. The van der Waals surface area contributed by atoms with Crippen LogP contribution < -0.4 is 5.73 Å². The van der Waals surface area contributed by atoms with Crippen molar-refractivity contribution >= 4 is 5.95 Å². The molecule has 0 aromatic carbocycles. The van der Waals surface area contributed by atoms with E-state index < -0.39 is 13.0 Å². The van der Waals surface area contributed by atoms with E-state index in [1.54, 1.807) is 12.4 Å². The Hall–Kier alpha value is -3.76. The molecule has 158 valence electrons. The second kappa shape index (κ2) is 7.49. The molecule has 4 aromatic rings. The fraction of sp³-hybridized carbons (Fsp3) is 0.300. The summed E-state index contributed by atoms with van der Waals surface area (Å²) in [7, 11) is 0. The molecule has 31 heavy (non-hydrogen) atoms. The van der Waals surface area contributed by atoms with Gasteiger partial charge in [0.05, 0.1) is 22.9 Å². The largest absolute Gasteiger partial charge is 0.368 e. The van der Waals surface area contributed by atoms with Crippen LogP contribution in [0.4, 0.5) is 14.7 Å². The lowest BCUT2D eigenvalue weighted by Gasteiger charge is -2.39. The van der Waals surface area contributed by atoms with Gasteiger partial charge < -0.3 is 10.3 Å². The number of nitrogens with zero attached hydrogens (tertiary/aromatic N) is 7. The van der Waals surface area contributed by atoms with E-state index in [9.17, 15) is 8.78 Å². The van der Waals surface area contributed by atoms with Gasteiger partial charge in [0.25, 0.3) is 12.3 Å². The summed E-state index contributed by atoms with van der Waals surface area (Å²) in [5.74, 6) is 1.02. The molecule has 0 unspecified atom stereocenters. The lowest BCUT2D eigenvalue weighted by Crippen LogP contribution is -2.36. The number of rotatable bonds is 6. The van der Waals surface area contributed by atoms with Gasteiger partial charge in [0.15, 0.2) is 5.82 Å². The smallest absolute Gasteiger partial charge is 0.261 e. The number of nitrogens with two attached hydrogens (primary N) is 1. The molecular formula is C20H18F2N8O. The molecule has 0 radical (unpaired) electrons. The summed E-state index contributed by atoms with van der Waals surface area (Å²) in [5.41, 5.74) is 8.15. The maximum Gasteiger partial charge on any atom is 0.261 e. The molecular weight excluding hydrogens is 406 g/mol. The topological polar surface area (TPSA) is 121 Å². The van der Waals surface area contributed by atoms with Crippen molar-refractivity contribution in [2.24, 2.45) is 0 Å². The number of aromatic nitrogens is 7. The third-order valence-corrected chi connectivity index (χ3v) is 5.55. The van der Waals surface area contributed by atoms with E-state index in [1.807, 2.05) is 18.3 Å². The third-order valence-electron chi connectivity index (χ3n) is 5.55. The molecule has 1 aliphatic rings. The molecule has 2 N–H and O–H groups in total. The summed E-state index contributed by atoms with van der Waals surface area (Å²) in [6, 6.07) is 3.90. The molecule has 1 saturated carbocycles. The SMILES string of the molecule is Nc1ncc(-c2ccc(C3(c4noc(-c5cnn(CC(F)F)c5)n4)CCC3)cn2)cn1. The first-order valence-corrected chi connectivity index (χ1v) is 9.73. The highest BCUT2D eigenvalue weighted by Gasteiger charge is 2.45.